The minimum Gasteiger partial charge on any atom is -0.323 e. The molecular weight excluding hydrogens is 369 g/mol. The first-order valence-corrected chi connectivity index (χ1v) is 8.64. The van der Waals surface area contributed by atoms with Crippen molar-refractivity contribution < 1.29 is 4.79 Å². The molecular formula is C16H13Cl2N3O2S. The largest absolute Gasteiger partial charge is 0.323 e. The maximum atomic E-state index is 12.6. The van der Waals surface area contributed by atoms with Crippen LogP contribution in [0, 0.1) is 13.8 Å². The molecule has 0 atom stereocenters. The maximum absolute atomic E-state index is 12.6. The van der Waals surface area contributed by atoms with Crippen molar-refractivity contribution in [3.8, 4) is 0 Å². The molecule has 1 amide bonds. The number of carbonyl (C=O) groups is 1. The minimum atomic E-state index is -0.368. The van der Waals surface area contributed by atoms with Gasteiger partial charge in [-0.1, -0.05) is 23.2 Å². The molecule has 0 fully saturated rings. The Morgan fingerprint density at radius 3 is 2.79 bits per heavy atom. The Morgan fingerprint density at radius 2 is 2.08 bits per heavy atom. The predicted octanol–water partition coefficient (Wildman–Crippen LogP) is 4.02. The lowest BCUT2D eigenvalue weighted by atomic mass is 10.2. The Bertz CT molecular complexity index is 1010. The number of anilines is 1. The fraction of sp³-hybridized carbons (Fsp3) is 0.188. The van der Waals surface area contributed by atoms with Crippen molar-refractivity contribution in [2.45, 2.75) is 20.4 Å². The van der Waals surface area contributed by atoms with E-state index in [4.69, 9.17) is 23.2 Å². The minimum absolute atomic E-state index is 0.144. The summed E-state index contributed by atoms with van der Waals surface area (Å²) in [6.07, 6.45) is 1.39. The van der Waals surface area contributed by atoms with Crippen molar-refractivity contribution in [2.24, 2.45) is 0 Å². The first kappa shape index (κ1) is 17.0. The third-order valence-corrected chi connectivity index (χ3v) is 5.34. The zero-order chi connectivity index (χ0) is 17.4. The Balaban J connectivity index is 1.87. The smallest absolute Gasteiger partial charge is 0.262 e. The van der Waals surface area contributed by atoms with Crippen LogP contribution in [0.1, 0.15) is 10.4 Å². The molecule has 2 aromatic heterocycles. The summed E-state index contributed by atoms with van der Waals surface area (Å²) >= 11 is 13.3. The van der Waals surface area contributed by atoms with Crippen LogP contribution in [0.3, 0.4) is 0 Å². The molecule has 0 aliphatic rings. The average molecular weight is 382 g/mol. The number of halogens is 2. The van der Waals surface area contributed by atoms with Crippen LogP contribution < -0.4 is 10.9 Å². The number of rotatable bonds is 3. The molecule has 0 unspecified atom stereocenters. The van der Waals surface area contributed by atoms with Gasteiger partial charge in [-0.2, -0.15) is 0 Å². The molecule has 3 rings (SSSR count). The summed E-state index contributed by atoms with van der Waals surface area (Å²) in [6, 6.07) is 4.77. The molecule has 0 saturated heterocycles. The number of nitrogens with one attached hydrogen (secondary N) is 1. The molecule has 8 heteroatoms. The van der Waals surface area contributed by atoms with E-state index in [0.29, 0.717) is 25.9 Å². The van der Waals surface area contributed by atoms with Crippen LogP contribution in [0.4, 0.5) is 5.69 Å². The summed E-state index contributed by atoms with van der Waals surface area (Å²) in [5, 5.41) is 4.05. The zero-order valence-corrected chi connectivity index (χ0v) is 15.2. The Kier molecular flexibility index (Phi) is 4.62. The summed E-state index contributed by atoms with van der Waals surface area (Å²) in [5.41, 5.74) is 1.12. The highest BCUT2D eigenvalue weighted by Gasteiger charge is 2.14. The van der Waals surface area contributed by atoms with E-state index in [1.165, 1.54) is 28.3 Å². The molecule has 5 nitrogen and oxygen atoms in total. The molecule has 0 aliphatic carbocycles. The van der Waals surface area contributed by atoms with Crippen molar-refractivity contribution in [1.29, 1.82) is 0 Å². The average Bonchev–Trinajstić information content (AvgIpc) is 2.81. The second-order valence-electron chi connectivity index (χ2n) is 5.31. The number of aromatic nitrogens is 2. The summed E-state index contributed by atoms with van der Waals surface area (Å²) in [5.74, 6) is -0.368. The van der Waals surface area contributed by atoms with E-state index in [1.54, 1.807) is 12.1 Å². The number of nitrogens with zero attached hydrogens (tertiary/aromatic N) is 2. The molecule has 1 aromatic carbocycles. The van der Waals surface area contributed by atoms with E-state index < -0.39 is 0 Å². The molecule has 0 bridgehead atoms. The summed E-state index contributed by atoms with van der Waals surface area (Å²) in [4.78, 5) is 30.8. The quantitative estimate of drug-likeness (QED) is 0.744. The third-order valence-electron chi connectivity index (χ3n) is 3.67. The Hall–Kier alpha value is -1.89. The van der Waals surface area contributed by atoms with Crippen LogP contribution in [-0.2, 0) is 11.3 Å². The van der Waals surface area contributed by atoms with Crippen LogP contribution in [0.2, 0.25) is 10.0 Å². The number of aryl methyl sites for hydroxylation is 2. The Labute approximate surface area is 151 Å². The van der Waals surface area contributed by atoms with Crippen molar-refractivity contribution in [3.05, 3.63) is 55.4 Å². The van der Waals surface area contributed by atoms with Crippen LogP contribution in [-0.4, -0.2) is 15.5 Å². The van der Waals surface area contributed by atoms with E-state index in [2.05, 4.69) is 10.3 Å². The van der Waals surface area contributed by atoms with E-state index in [9.17, 15) is 9.59 Å². The fourth-order valence-corrected chi connectivity index (χ4v) is 3.76. The van der Waals surface area contributed by atoms with E-state index in [-0.39, 0.29) is 18.0 Å². The van der Waals surface area contributed by atoms with Gasteiger partial charge >= 0.3 is 0 Å². The van der Waals surface area contributed by atoms with Gasteiger partial charge in [0, 0.05) is 9.90 Å². The molecule has 24 heavy (non-hydrogen) atoms. The van der Waals surface area contributed by atoms with Crippen molar-refractivity contribution in [1.82, 2.24) is 9.55 Å². The van der Waals surface area contributed by atoms with Crippen LogP contribution in [0.5, 0.6) is 0 Å². The van der Waals surface area contributed by atoms with Crippen molar-refractivity contribution in [2.75, 3.05) is 5.32 Å². The van der Waals surface area contributed by atoms with Crippen molar-refractivity contribution in [3.63, 3.8) is 0 Å². The van der Waals surface area contributed by atoms with Gasteiger partial charge in [-0.25, -0.2) is 4.98 Å². The summed E-state index contributed by atoms with van der Waals surface area (Å²) in [7, 11) is 0. The molecule has 0 radical (unpaired) electrons. The first-order valence-electron chi connectivity index (χ1n) is 7.07. The van der Waals surface area contributed by atoms with E-state index in [0.717, 1.165) is 10.4 Å². The van der Waals surface area contributed by atoms with Gasteiger partial charge in [-0.3, -0.25) is 14.2 Å². The summed E-state index contributed by atoms with van der Waals surface area (Å²) in [6.45, 7) is 3.69. The highest BCUT2D eigenvalue weighted by atomic mass is 35.5. The van der Waals surface area contributed by atoms with Gasteiger partial charge in [0.2, 0.25) is 5.91 Å². The van der Waals surface area contributed by atoms with Gasteiger partial charge < -0.3 is 5.32 Å². The number of amides is 1. The first-order chi connectivity index (χ1) is 11.4. The van der Waals surface area contributed by atoms with Crippen LogP contribution >= 0.6 is 34.5 Å². The molecule has 0 aliphatic heterocycles. The molecule has 2 heterocycles. The number of hydrogen-bond donors (Lipinski definition) is 1. The zero-order valence-electron chi connectivity index (χ0n) is 12.9. The normalized spacial score (nSPS) is 11.0. The second kappa shape index (κ2) is 6.55. The van der Waals surface area contributed by atoms with E-state index >= 15 is 0 Å². The lowest BCUT2D eigenvalue weighted by Gasteiger charge is -2.09. The standard InChI is InChI=1S/C16H13Cl2N3O2S/c1-8-9(2)24-15-14(8)16(23)21(7-19-15)6-13(22)20-12-4-3-10(17)5-11(12)18/h3-5,7H,6H2,1-2H3,(H,20,22). The third kappa shape index (κ3) is 3.17. The Morgan fingerprint density at radius 1 is 1.33 bits per heavy atom. The molecule has 124 valence electrons. The monoisotopic (exact) mass is 381 g/mol. The molecule has 3 aromatic rings. The van der Waals surface area contributed by atoms with Crippen LogP contribution in [0.25, 0.3) is 10.2 Å². The van der Waals surface area contributed by atoms with Gasteiger partial charge in [0.1, 0.15) is 11.4 Å². The molecule has 0 saturated carbocycles. The van der Waals surface area contributed by atoms with Gasteiger partial charge in [0.15, 0.2) is 0 Å². The highest BCUT2D eigenvalue weighted by molar-refractivity contribution is 7.18. The lowest BCUT2D eigenvalue weighted by molar-refractivity contribution is -0.116. The number of fused-ring (bicyclic) bond motifs is 1. The SMILES string of the molecule is Cc1sc2ncn(CC(=O)Nc3ccc(Cl)cc3Cl)c(=O)c2c1C. The van der Waals surface area contributed by atoms with Crippen LogP contribution in [0.15, 0.2) is 29.3 Å². The maximum Gasteiger partial charge on any atom is 0.262 e. The fourth-order valence-electron chi connectivity index (χ4n) is 2.32. The van der Waals surface area contributed by atoms with Crippen molar-refractivity contribution >= 4 is 56.3 Å². The predicted molar refractivity (Wildman–Crippen MR) is 98.4 cm³/mol. The number of hydrogen-bond acceptors (Lipinski definition) is 4. The van der Waals surface area contributed by atoms with Gasteiger partial charge in [-0.15, -0.1) is 11.3 Å². The lowest BCUT2D eigenvalue weighted by Crippen LogP contribution is -2.28. The van der Waals surface area contributed by atoms with Gasteiger partial charge in [0.25, 0.3) is 5.56 Å². The number of benzene rings is 1. The number of carbonyl (C=O) groups excluding carboxylic acids is 1. The number of thiophene rings is 1. The topological polar surface area (TPSA) is 64.0 Å². The summed E-state index contributed by atoms with van der Waals surface area (Å²) < 4.78 is 1.29. The molecule has 1 N–H and O–H groups in total. The van der Waals surface area contributed by atoms with E-state index in [1.807, 2.05) is 13.8 Å². The highest BCUT2D eigenvalue weighted by Crippen LogP contribution is 2.26. The second-order valence-corrected chi connectivity index (χ2v) is 7.36. The molecule has 0 spiro atoms. The van der Waals surface area contributed by atoms with Gasteiger partial charge in [0.05, 0.1) is 22.4 Å². The van der Waals surface area contributed by atoms with Gasteiger partial charge in [-0.05, 0) is 37.6 Å².